The van der Waals surface area contributed by atoms with Crippen molar-refractivity contribution in [3.63, 3.8) is 0 Å². The number of hydrogen-bond donors (Lipinski definition) is 3. The highest BCUT2D eigenvalue weighted by Gasteiger charge is 2.03. The minimum absolute atomic E-state index is 0.185. The standard InChI is InChI=1S/C16H16N2O4S/c19-15(6-1-12-7-10-23-11-12)17-8-9-22-14-4-2-13(3-5-14)16(20)18-21/h1-7,10-11,21H,8-9H2,(H,17,19)(H,18,20). The van der Waals surface area contributed by atoms with Crippen LogP contribution in [0, 0.1) is 0 Å². The molecule has 0 saturated heterocycles. The lowest BCUT2D eigenvalue weighted by Crippen LogP contribution is -2.26. The molecule has 0 bridgehead atoms. The van der Waals surface area contributed by atoms with Crippen LogP contribution in [0.25, 0.3) is 6.08 Å². The summed E-state index contributed by atoms with van der Waals surface area (Å²) in [6.07, 6.45) is 3.22. The van der Waals surface area contributed by atoms with E-state index in [1.165, 1.54) is 18.2 Å². The molecule has 0 atom stereocenters. The lowest BCUT2D eigenvalue weighted by Gasteiger charge is -2.07. The van der Waals surface area contributed by atoms with Gasteiger partial charge in [0.1, 0.15) is 12.4 Å². The first-order chi connectivity index (χ1) is 11.2. The number of ether oxygens (including phenoxy) is 1. The highest BCUT2D eigenvalue weighted by Crippen LogP contribution is 2.11. The topological polar surface area (TPSA) is 87.7 Å². The Morgan fingerprint density at radius 2 is 2.00 bits per heavy atom. The molecule has 120 valence electrons. The molecule has 3 N–H and O–H groups in total. The Morgan fingerprint density at radius 3 is 2.65 bits per heavy atom. The van der Waals surface area contributed by atoms with Gasteiger partial charge in [0.05, 0.1) is 6.54 Å². The third-order valence-corrected chi connectivity index (χ3v) is 3.56. The van der Waals surface area contributed by atoms with Crippen LogP contribution in [0.3, 0.4) is 0 Å². The van der Waals surface area contributed by atoms with Gasteiger partial charge < -0.3 is 10.1 Å². The summed E-state index contributed by atoms with van der Waals surface area (Å²) in [5, 5.41) is 15.1. The summed E-state index contributed by atoms with van der Waals surface area (Å²) in [7, 11) is 0. The molecule has 0 unspecified atom stereocenters. The van der Waals surface area contributed by atoms with Crippen LogP contribution in [0.1, 0.15) is 15.9 Å². The van der Waals surface area contributed by atoms with E-state index in [4.69, 9.17) is 9.94 Å². The molecule has 1 heterocycles. The molecule has 0 spiro atoms. The van der Waals surface area contributed by atoms with Gasteiger partial charge in [0.15, 0.2) is 0 Å². The Bertz CT molecular complexity index is 666. The molecule has 6 nitrogen and oxygen atoms in total. The second-order valence-corrected chi connectivity index (χ2v) is 5.27. The molecule has 0 aliphatic carbocycles. The van der Waals surface area contributed by atoms with Gasteiger partial charge in [0.25, 0.3) is 5.91 Å². The molecule has 0 aliphatic heterocycles. The van der Waals surface area contributed by atoms with E-state index in [1.54, 1.807) is 35.0 Å². The number of benzene rings is 1. The summed E-state index contributed by atoms with van der Waals surface area (Å²) < 4.78 is 5.44. The molecular weight excluding hydrogens is 316 g/mol. The van der Waals surface area contributed by atoms with Crippen LogP contribution in [0.4, 0.5) is 0 Å². The molecule has 1 aromatic heterocycles. The average molecular weight is 332 g/mol. The van der Waals surface area contributed by atoms with Crippen molar-refractivity contribution in [1.29, 1.82) is 0 Å². The minimum atomic E-state index is -0.582. The second kappa shape index (κ2) is 8.72. The van der Waals surface area contributed by atoms with Gasteiger partial charge >= 0.3 is 0 Å². The van der Waals surface area contributed by atoms with E-state index >= 15 is 0 Å². The van der Waals surface area contributed by atoms with Gasteiger partial charge in [-0.1, -0.05) is 0 Å². The zero-order valence-corrected chi connectivity index (χ0v) is 13.0. The summed E-state index contributed by atoms with van der Waals surface area (Å²) in [6.45, 7) is 0.676. The van der Waals surface area contributed by atoms with Gasteiger partial charge in [-0.25, -0.2) is 5.48 Å². The first-order valence-corrected chi connectivity index (χ1v) is 7.79. The van der Waals surface area contributed by atoms with Crippen molar-refractivity contribution in [2.45, 2.75) is 0 Å². The summed E-state index contributed by atoms with van der Waals surface area (Å²) in [4.78, 5) is 22.7. The molecule has 1 aromatic carbocycles. The van der Waals surface area contributed by atoms with Crippen molar-refractivity contribution >= 4 is 29.2 Å². The van der Waals surface area contributed by atoms with Crippen molar-refractivity contribution in [2.75, 3.05) is 13.2 Å². The Labute approximate surface area is 137 Å². The molecule has 0 radical (unpaired) electrons. The fraction of sp³-hybridized carbons (Fsp3) is 0.125. The maximum Gasteiger partial charge on any atom is 0.274 e. The van der Waals surface area contributed by atoms with E-state index < -0.39 is 5.91 Å². The van der Waals surface area contributed by atoms with Gasteiger partial charge in [-0.05, 0) is 52.7 Å². The number of nitrogens with one attached hydrogen (secondary N) is 2. The molecule has 2 amide bonds. The van der Waals surface area contributed by atoms with Crippen LogP contribution in [0.5, 0.6) is 5.75 Å². The number of amides is 2. The predicted molar refractivity (Wildman–Crippen MR) is 87.6 cm³/mol. The maximum absolute atomic E-state index is 11.6. The fourth-order valence-corrected chi connectivity index (χ4v) is 2.34. The van der Waals surface area contributed by atoms with E-state index in [0.717, 1.165) is 5.56 Å². The lowest BCUT2D eigenvalue weighted by molar-refractivity contribution is -0.116. The Kier molecular flexibility index (Phi) is 6.34. The SMILES string of the molecule is O=C(C=Cc1ccsc1)NCCOc1ccc(C(=O)NO)cc1. The van der Waals surface area contributed by atoms with Crippen LogP contribution >= 0.6 is 11.3 Å². The number of rotatable bonds is 7. The molecule has 2 rings (SSSR count). The molecule has 7 heteroatoms. The largest absolute Gasteiger partial charge is 0.492 e. The molecule has 0 saturated carbocycles. The zero-order valence-electron chi connectivity index (χ0n) is 12.2. The first-order valence-electron chi connectivity index (χ1n) is 6.84. The van der Waals surface area contributed by atoms with Crippen molar-refractivity contribution in [3.05, 3.63) is 58.3 Å². The van der Waals surface area contributed by atoms with E-state index in [0.29, 0.717) is 24.5 Å². The molecule has 0 aliphatic rings. The quantitative estimate of drug-likeness (QED) is 0.313. The van der Waals surface area contributed by atoms with E-state index in [-0.39, 0.29) is 5.91 Å². The number of carbonyl (C=O) groups is 2. The maximum atomic E-state index is 11.6. The van der Waals surface area contributed by atoms with Crippen LogP contribution in [-0.4, -0.2) is 30.2 Å². The Morgan fingerprint density at radius 1 is 1.22 bits per heavy atom. The normalized spacial score (nSPS) is 10.5. The molecular formula is C16H16N2O4S. The summed E-state index contributed by atoms with van der Waals surface area (Å²) >= 11 is 1.57. The number of thiophene rings is 1. The van der Waals surface area contributed by atoms with Gasteiger partial charge in [-0.3, -0.25) is 14.8 Å². The van der Waals surface area contributed by atoms with Crippen molar-refractivity contribution in [3.8, 4) is 5.75 Å². The van der Waals surface area contributed by atoms with Gasteiger partial charge in [-0.15, -0.1) is 0 Å². The first kappa shape index (κ1) is 16.7. The zero-order chi connectivity index (χ0) is 16.5. The average Bonchev–Trinajstić information content (AvgIpc) is 3.10. The predicted octanol–water partition coefficient (Wildman–Crippen LogP) is 2.08. The van der Waals surface area contributed by atoms with Crippen LogP contribution < -0.4 is 15.5 Å². The van der Waals surface area contributed by atoms with Gasteiger partial charge in [-0.2, -0.15) is 11.3 Å². The summed E-state index contributed by atoms with van der Waals surface area (Å²) in [6, 6.07) is 8.22. The molecule has 23 heavy (non-hydrogen) atoms. The highest BCUT2D eigenvalue weighted by atomic mass is 32.1. The van der Waals surface area contributed by atoms with E-state index in [9.17, 15) is 9.59 Å². The summed E-state index contributed by atoms with van der Waals surface area (Å²) in [5.74, 6) is -0.196. The van der Waals surface area contributed by atoms with Crippen molar-refractivity contribution in [1.82, 2.24) is 10.8 Å². The van der Waals surface area contributed by atoms with Crippen LogP contribution in [0.2, 0.25) is 0 Å². The highest BCUT2D eigenvalue weighted by molar-refractivity contribution is 7.08. The Balaban J connectivity index is 1.68. The van der Waals surface area contributed by atoms with Crippen LogP contribution in [-0.2, 0) is 4.79 Å². The lowest BCUT2D eigenvalue weighted by atomic mass is 10.2. The third-order valence-electron chi connectivity index (χ3n) is 2.86. The van der Waals surface area contributed by atoms with Gasteiger partial charge in [0.2, 0.25) is 5.91 Å². The molecule has 0 fully saturated rings. The number of carbonyl (C=O) groups excluding carboxylic acids is 2. The van der Waals surface area contributed by atoms with E-state index in [2.05, 4.69) is 5.32 Å². The number of hydroxylamine groups is 1. The second-order valence-electron chi connectivity index (χ2n) is 4.49. The number of hydrogen-bond acceptors (Lipinski definition) is 5. The third kappa shape index (κ3) is 5.57. The minimum Gasteiger partial charge on any atom is -0.492 e. The van der Waals surface area contributed by atoms with Crippen molar-refractivity contribution < 1.29 is 19.5 Å². The Hall–Kier alpha value is -2.64. The fourth-order valence-electron chi connectivity index (χ4n) is 1.71. The van der Waals surface area contributed by atoms with E-state index in [1.807, 2.05) is 16.8 Å². The summed E-state index contributed by atoms with van der Waals surface area (Å²) in [5.41, 5.74) is 2.87. The monoisotopic (exact) mass is 332 g/mol. The van der Waals surface area contributed by atoms with Crippen LogP contribution in [0.15, 0.2) is 47.2 Å². The van der Waals surface area contributed by atoms with Crippen molar-refractivity contribution in [2.24, 2.45) is 0 Å². The molecule has 2 aromatic rings. The smallest absolute Gasteiger partial charge is 0.274 e. The van der Waals surface area contributed by atoms with Gasteiger partial charge in [0, 0.05) is 11.6 Å².